The Balaban J connectivity index is 2.09. The molecule has 1 aromatic carbocycles. The largest absolute Gasteiger partial charge is 0.351 e. The minimum Gasteiger partial charge on any atom is -0.351 e. The Labute approximate surface area is 139 Å². The van der Waals surface area contributed by atoms with Gasteiger partial charge in [0.05, 0.1) is 5.69 Å². The smallest absolute Gasteiger partial charge is 0.335 e. The maximum absolute atomic E-state index is 12.8. The summed E-state index contributed by atoms with van der Waals surface area (Å²) in [7, 11) is 1.81. The maximum atomic E-state index is 12.8. The zero-order valence-electron chi connectivity index (χ0n) is 13.7. The molecule has 0 spiro atoms. The van der Waals surface area contributed by atoms with E-state index in [2.05, 4.69) is 5.32 Å². The number of carbonyl (C=O) groups is 3. The summed E-state index contributed by atoms with van der Waals surface area (Å²) in [6.07, 6.45) is 3.30. The minimum absolute atomic E-state index is 0.0719. The lowest BCUT2D eigenvalue weighted by Gasteiger charge is -2.28. The third-order valence-electron chi connectivity index (χ3n) is 4.19. The van der Waals surface area contributed by atoms with E-state index in [0.29, 0.717) is 11.4 Å². The fourth-order valence-electron chi connectivity index (χ4n) is 2.63. The third kappa shape index (κ3) is 2.52. The predicted molar refractivity (Wildman–Crippen MR) is 90.3 cm³/mol. The molecule has 122 valence electrons. The Morgan fingerprint density at radius 3 is 2.46 bits per heavy atom. The molecule has 3 rings (SSSR count). The number of nitrogens with one attached hydrogen (secondary N) is 1. The second kappa shape index (κ2) is 5.81. The van der Waals surface area contributed by atoms with Crippen LogP contribution in [0.15, 0.2) is 42.1 Å². The van der Waals surface area contributed by atoms with Crippen molar-refractivity contribution in [3.05, 3.63) is 58.9 Å². The van der Waals surface area contributed by atoms with Gasteiger partial charge in [-0.15, -0.1) is 0 Å². The van der Waals surface area contributed by atoms with Gasteiger partial charge in [-0.3, -0.25) is 14.9 Å². The number of hydrogen-bond acceptors (Lipinski definition) is 3. The first-order chi connectivity index (χ1) is 11.4. The molecule has 0 saturated carbocycles. The number of aromatic nitrogens is 1. The van der Waals surface area contributed by atoms with Crippen LogP contribution in [0.2, 0.25) is 0 Å². The Kier molecular flexibility index (Phi) is 3.81. The molecule has 2 heterocycles. The summed E-state index contributed by atoms with van der Waals surface area (Å²) >= 11 is 0. The van der Waals surface area contributed by atoms with Crippen molar-refractivity contribution in [3.8, 4) is 0 Å². The molecule has 24 heavy (non-hydrogen) atoms. The third-order valence-corrected chi connectivity index (χ3v) is 4.19. The Bertz CT molecular complexity index is 893. The lowest BCUT2D eigenvalue weighted by Crippen LogP contribution is -2.54. The van der Waals surface area contributed by atoms with Crippen LogP contribution in [0.25, 0.3) is 6.08 Å². The highest BCUT2D eigenvalue weighted by molar-refractivity contribution is 6.39. The first-order valence-electron chi connectivity index (χ1n) is 7.49. The summed E-state index contributed by atoms with van der Waals surface area (Å²) in [5.74, 6) is -1.31. The van der Waals surface area contributed by atoms with Gasteiger partial charge in [0.15, 0.2) is 0 Å². The molecule has 6 heteroatoms. The number of imide groups is 2. The van der Waals surface area contributed by atoms with Gasteiger partial charge < -0.3 is 4.57 Å². The Hall–Kier alpha value is -3.15. The van der Waals surface area contributed by atoms with E-state index in [1.807, 2.05) is 39.2 Å². The van der Waals surface area contributed by atoms with Crippen LogP contribution in [0.1, 0.15) is 16.8 Å². The van der Waals surface area contributed by atoms with Crippen LogP contribution in [-0.4, -0.2) is 22.4 Å². The normalized spacial score (nSPS) is 16.7. The van der Waals surface area contributed by atoms with Crippen LogP contribution < -0.4 is 10.2 Å². The fraction of sp³-hybridized carbons (Fsp3) is 0.167. The van der Waals surface area contributed by atoms with E-state index in [1.54, 1.807) is 22.8 Å². The van der Waals surface area contributed by atoms with E-state index in [4.69, 9.17) is 0 Å². The topological polar surface area (TPSA) is 71.4 Å². The first-order valence-corrected chi connectivity index (χ1v) is 7.49. The van der Waals surface area contributed by atoms with E-state index < -0.39 is 17.8 Å². The second-order valence-corrected chi connectivity index (χ2v) is 5.72. The van der Waals surface area contributed by atoms with Crippen LogP contribution >= 0.6 is 0 Å². The summed E-state index contributed by atoms with van der Waals surface area (Å²) in [5.41, 5.74) is 2.87. The van der Waals surface area contributed by atoms with Gasteiger partial charge in [-0.25, -0.2) is 9.69 Å². The highest BCUT2D eigenvalue weighted by Gasteiger charge is 2.37. The number of benzene rings is 1. The highest BCUT2D eigenvalue weighted by atomic mass is 16.2. The zero-order valence-corrected chi connectivity index (χ0v) is 13.7. The zero-order chi connectivity index (χ0) is 17.4. The van der Waals surface area contributed by atoms with E-state index in [-0.39, 0.29) is 5.57 Å². The summed E-state index contributed by atoms with van der Waals surface area (Å²) in [6.45, 7) is 3.74. The van der Waals surface area contributed by atoms with Gasteiger partial charge in [-0.05, 0) is 49.2 Å². The van der Waals surface area contributed by atoms with Crippen molar-refractivity contribution in [1.82, 2.24) is 9.88 Å². The standard InChI is InChI=1S/C18H17N3O3/c1-11-6-4-8-15(12(11)2)21-17(23)14(16(22)19-18(21)24)10-13-7-5-9-20(13)3/h4-10H,1-3H3,(H,19,22,24). The SMILES string of the molecule is Cc1cccc(N2C(=O)NC(=O)C(=Cc3cccn3C)C2=O)c1C. The van der Waals surface area contributed by atoms with Crippen LogP contribution in [0, 0.1) is 13.8 Å². The first kappa shape index (κ1) is 15.7. The number of carbonyl (C=O) groups excluding carboxylic acids is 3. The Morgan fingerprint density at radius 2 is 1.79 bits per heavy atom. The molecule has 1 fully saturated rings. The quantitative estimate of drug-likeness (QED) is 0.681. The van der Waals surface area contributed by atoms with Crippen molar-refractivity contribution < 1.29 is 14.4 Å². The number of hydrogen-bond donors (Lipinski definition) is 1. The molecule has 0 bridgehead atoms. The molecule has 4 amide bonds. The molecule has 0 radical (unpaired) electrons. The number of urea groups is 1. The summed E-state index contributed by atoms with van der Waals surface area (Å²) < 4.78 is 1.78. The second-order valence-electron chi connectivity index (χ2n) is 5.72. The van der Waals surface area contributed by atoms with Crippen LogP contribution in [0.5, 0.6) is 0 Å². The number of aryl methyl sites for hydroxylation is 2. The van der Waals surface area contributed by atoms with Gasteiger partial charge in [-0.1, -0.05) is 12.1 Å². The average Bonchev–Trinajstić information content (AvgIpc) is 2.93. The van der Waals surface area contributed by atoms with E-state index in [0.717, 1.165) is 16.0 Å². The molecule has 1 aromatic heterocycles. The van der Waals surface area contributed by atoms with Crippen molar-refractivity contribution in [1.29, 1.82) is 0 Å². The number of nitrogens with zero attached hydrogens (tertiary/aromatic N) is 2. The highest BCUT2D eigenvalue weighted by Crippen LogP contribution is 2.26. The van der Waals surface area contributed by atoms with Gasteiger partial charge >= 0.3 is 6.03 Å². The molecule has 1 aliphatic rings. The lowest BCUT2D eigenvalue weighted by molar-refractivity contribution is -0.122. The van der Waals surface area contributed by atoms with Gasteiger partial charge in [0.2, 0.25) is 0 Å². The maximum Gasteiger partial charge on any atom is 0.335 e. The molecule has 2 aromatic rings. The monoisotopic (exact) mass is 323 g/mol. The van der Waals surface area contributed by atoms with Gasteiger partial charge in [-0.2, -0.15) is 0 Å². The molecule has 0 unspecified atom stereocenters. The van der Waals surface area contributed by atoms with Crippen molar-refractivity contribution in [3.63, 3.8) is 0 Å². The van der Waals surface area contributed by atoms with Crippen LogP contribution in [-0.2, 0) is 16.6 Å². The average molecular weight is 323 g/mol. The minimum atomic E-state index is -0.734. The van der Waals surface area contributed by atoms with E-state index in [1.165, 1.54) is 6.08 Å². The van der Waals surface area contributed by atoms with E-state index in [9.17, 15) is 14.4 Å². The molecular weight excluding hydrogens is 306 g/mol. The number of amides is 4. The van der Waals surface area contributed by atoms with Gasteiger partial charge in [0.25, 0.3) is 11.8 Å². The molecule has 1 saturated heterocycles. The lowest BCUT2D eigenvalue weighted by atomic mass is 10.0. The Morgan fingerprint density at radius 1 is 1.04 bits per heavy atom. The van der Waals surface area contributed by atoms with Crippen LogP contribution in [0.3, 0.4) is 0 Å². The summed E-state index contributed by atoms with van der Waals surface area (Å²) in [5, 5.41) is 2.24. The van der Waals surface area contributed by atoms with E-state index >= 15 is 0 Å². The molecule has 1 aliphatic heterocycles. The van der Waals surface area contributed by atoms with Gasteiger partial charge in [0, 0.05) is 18.9 Å². The predicted octanol–water partition coefficient (Wildman–Crippen LogP) is 2.31. The fourth-order valence-corrected chi connectivity index (χ4v) is 2.63. The molecule has 6 nitrogen and oxygen atoms in total. The molecule has 1 N–H and O–H groups in total. The summed E-state index contributed by atoms with van der Waals surface area (Å²) in [4.78, 5) is 38.2. The number of rotatable bonds is 2. The molecule has 0 aliphatic carbocycles. The summed E-state index contributed by atoms with van der Waals surface area (Å²) in [6, 6.07) is 8.22. The molecular formula is C18H17N3O3. The van der Waals surface area contributed by atoms with Crippen LogP contribution in [0.4, 0.5) is 10.5 Å². The van der Waals surface area contributed by atoms with Crippen molar-refractivity contribution in [2.75, 3.05) is 4.90 Å². The van der Waals surface area contributed by atoms with Crippen molar-refractivity contribution in [2.24, 2.45) is 7.05 Å². The van der Waals surface area contributed by atoms with Crippen molar-refractivity contribution in [2.45, 2.75) is 13.8 Å². The number of barbiturate groups is 1. The van der Waals surface area contributed by atoms with Gasteiger partial charge in [0.1, 0.15) is 5.57 Å². The molecule has 0 atom stereocenters. The van der Waals surface area contributed by atoms with Crippen molar-refractivity contribution >= 4 is 29.6 Å². The number of anilines is 1.